The average molecular weight is 297 g/mol. The maximum atomic E-state index is 6.13. The van der Waals surface area contributed by atoms with E-state index in [1.807, 2.05) is 7.11 Å². The van der Waals surface area contributed by atoms with Crippen LogP contribution in [0.25, 0.3) is 0 Å². The maximum Gasteiger partial charge on any atom is 0.0828 e. The minimum absolute atomic E-state index is 0.0257. The Balaban J connectivity index is 2.13. The SMILES string of the molecule is CCCNC(C1CCOC2(CCC2)C1)C(CC)(CC)OC. The Hall–Kier alpha value is -0.120. The predicted molar refractivity (Wildman–Crippen MR) is 87.7 cm³/mol. The van der Waals surface area contributed by atoms with Gasteiger partial charge >= 0.3 is 0 Å². The second kappa shape index (κ2) is 7.43. The van der Waals surface area contributed by atoms with Gasteiger partial charge in [-0.05, 0) is 63.8 Å². The van der Waals surface area contributed by atoms with Gasteiger partial charge in [-0.1, -0.05) is 20.8 Å². The van der Waals surface area contributed by atoms with E-state index in [9.17, 15) is 0 Å². The summed E-state index contributed by atoms with van der Waals surface area (Å²) in [4.78, 5) is 0. The first kappa shape index (κ1) is 17.2. The van der Waals surface area contributed by atoms with Gasteiger partial charge in [0.15, 0.2) is 0 Å². The number of methoxy groups -OCH3 is 1. The lowest BCUT2D eigenvalue weighted by Gasteiger charge is -2.52. The number of nitrogens with one attached hydrogen (secondary N) is 1. The molecule has 1 aliphatic heterocycles. The van der Waals surface area contributed by atoms with Crippen LogP contribution in [0, 0.1) is 5.92 Å². The van der Waals surface area contributed by atoms with Crippen LogP contribution in [0.2, 0.25) is 0 Å². The van der Waals surface area contributed by atoms with Crippen LogP contribution in [0.3, 0.4) is 0 Å². The lowest BCUT2D eigenvalue weighted by Crippen LogP contribution is -2.59. The molecule has 124 valence electrons. The Morgan fingerprint density at radius 2 is 2.00 bits per heavy atom. The van der Waals surface area contributed by atoms with Crippen LogP contribution in [-0.4, -0.2) is 37.5 Å². The molecule has 2 rings (SSSR count). The molecule has 1 saturated carbocycles. The second-order valence-corrected chi connectivity index (χ2v) is 7.05. The van der Waals surface area contributed by atoms with Crippen LogP contribution >= 0.6 is 0 Å². The van der Waals surface area contributed by atoms with E-state index in [1.165, 1.54) is 38.5 Å². The molecule has 2 fully saturated rings. The third-order valence-corrected chi connectivity index (χ3v) is 6.05. The van der Waals surface area contributed by atoms with Crippen molar-refractivity contribution in [3.05, 3.63) is 0 Å². The largest absolute Gasteiger partial charge is 0.377 e. The summed E-state index contributed by atoms with van der Waals surface area (Å²) in [5, 5.41) is 3.84. The van der Waals surface area contributed by atoms with E-state index in [0.29, 0.717) is 12.0 Å². The fourth-order valence-corrected chi connectivity index (χ4v) is 4.46. The molecule has 2 unspecified atom stereocenters. The summed E-state index contributed by atoms with van der Waals surface area (Å²) in [6, 6.07) is 0.457. The van der Waals surface area contributed by atoms with Crippen molar-refractivity contribution in [3.8, 4) is 0 Å². The smallest absolute Gasteiger partial charge is 0.0828 e. The third-order valence-electron chi connectivity index (χ3n) is 6.05. The van der Waals surface area contributed by atoms with Gasteiger partial charge in [0, 0.05) is 19.8 Å². The van der Waals surface area contributed by atoms with Gasteiger partial charge < -0.3 is 14.8 Å². The third kappa shape index (κ3) is 3.46. The molecule has 2 atom stereocenters. The zero-order chi connectivity index (χ0) is 15.3. The monoisotopic (exact) mass is 297 g/mol. The molecule has 1 N–H and O–H groups in total. The Kier molecular flexibility index (Phi) is 6.10. The highest BCUT2D eigenvalue weighted by Gasteiger charge is 2.48. The summed E-state index contributed by atoms with van der Waals surface area (Å²) in [5.74, 6) is 0.686. The van der Waals surface area contributed by atoms with E-state index in [-0.39, 0.29) is 11.2 Å². The van der Waals surface area contributed by atoms with Crippen molar-refractivity contribution in [2.45, 2.75) is 89.4 Å². The Labute approximate surface area is 131 Å². The van der Waals surface area contributed by atoms with E-state index in [4.69, 9.17) is 9.47 Å². The number of ether oxygens (including phenoxy) is 2. The Morgan fingerprint density at radius 3 is 2.48 bits per heavy atom. The first-order chi connectivity index (χ1) is 10.2. The Bertz CT molecular complexity index is 302. The van der Waals surface area contributed by atoms with Crippen LogP contribution in [0.5, 0.6) is 0 Å². The first-order valence-corrected chi connectivity index (χ1v) is 9.07. The van der Waals surface area contributed by atoms with Gasteiger partial charge in [0.25, 0.3) is 0 Å². The van der Waals surface area contributed by atoms with Gasteiger partial charge in [0.1, 0.15) is 0 Å². The fourth-order valence-electron chi connectivity index (χ4n) is 4.46. The van der Waals surface area contributed by atoms with E-state index in [1.54, 1.807) is 0 Å². The van der Waals surface area contributed by atoms with Crippen LogP contribution in [-0.2, 0) is 9.47 Å². The summed E-state index contributed by atoms with van der Waals surface area (Å²) >= 11 is 0. The normalized spacial score (nSPS) is 26.6. The zero-order valence-corrected chi connectivity index (χ0v) is 14.5. The van der Waals surface area contributed by atoms with Gasteiger partial charge in [0.2, 0.25) is 0 Å². The molecule has 3 heteroatoms. The molecule has 0 aromatic carbocycles. The summed E-state index contributed by atoms with van der Waals surface area (Å²) in [6.45, 7) is 8.80. The second-order valence-electron chi connectivity index (χ2n) is 7.05. The predicted octanol–water partition coefficient (Wildman–Crippen LogP) is 3.91. The van der Waals surface area contributed by atoms with Crippen LogP contribution < -0.4 is 5.32 Å². The fraction of sp³-hybridized carbons (Fsp3) is 1.00. The lowest BCUT2D eigenvalue weighted by atomic mass is 9.67. The zero-order valence-electron chi connectivity index (χ0n) is 14.5. The van der Waals surface area contributed by atoms with Crippen molar-refractivity contribution in [1.82, 2.24) is 5.32 Å². The molecule has 1 spiro atoms. The molecule has 0 radical (unpaired) electrons. The van der Waals surface area contributed by atoms with Crippen LogP contribution in [0.1, 0.15) is 72.1 Å². The van der Waals surface area contributed by atoms with E-state index in [2.05, 4.69) is 26.1 Å². The molecule has 0 bridgehead atoms. The summed E-state index contributed by atoms with van der Waals surface area (Å²) < 4.78 is 12.2. The van der Waals surface area contributed by atoms with Crippen molar-refractivity contribution in [2.24, 2.45) is 5.92 Å². The molecule has 3 nitrogen and oxygen atoms in total. The molecular formula is C18H35NO2. The molecule has 1 saturated heterocycles. The highest BCUT2D eigenvalue weighted by atomic mass is 16.5. The van der Waals surface area contributed by atoms with Gasteiger partial charge in [-0.3, -0.25) is 0 Å². The highest BCUT2D eigenvalue weighted by Crippen LogP contribution is 2.46. The molecule has 0 aromatic heterocycles. The standard InChI is InChI=1S/C18H35NO2/c1-5-12-19-16(18(6-2,7-3)20-4)15-9-13-21-17(14-15)10-8-11-17/h15-16,19H,5-14H2,1-4H3. The average Bonchev–Trinajstić information content (AvgIpc) is 2.50. The van der Waals surface area contributed by atoms with Crippen molar-refractivity contribution < 1.29 is 9.47 Å². The molecule has 0 aromatic rings. The summed E-state index contributed by atoms with van der Waals surface area (Å²) in [5.41, 5.74) is 0.193. The van der Waals surface area contributed by atoms with Crippen molar-refractivity contribution in [2.75, 3.05) is 20.3 Å². The maximum absolute atomic E-state index is 6.13. The van der Waals surface area contributed by atoms with E-state index < -0.39 is 0 Å². The van der Waals surface area contributed by atoms with Gasteiger partial charge in [-0.2, -0.15) is 0 Å². The van der Waals surface area contributed by atoms with E-state index in [0.717, 1.165) is 26.0 Å². The molecule has 2 aliphatic rings. The van der Waals surface area contributed by atoms with Gasteiger partial charge in [-0.25, -0.2) is 0 Å². The quantitative estimate of drug-likeness (QED) is 0.737. The molecule has 21 heavy (non-hydrogen) atoms. The van der Waals surface area contributed by atoms with Crippen molar-refractivity contribution in [3.63, 3.8) is 0 Å². The lowest BCUT2D eigenvalue weighted by molar-refractivity contribution is -0.161. The molecule has 0 amide bonds. The van der Waals surface area contributed by atoms with E-state index >= 15 is 0 Å². The van der Waals surface area contributed by atoms with Crippen LogP contribution in [0.4, 0.5) is 0 Å². The van der Waals surface area contributed by atoms with Crippen LogP contribution in [0.15, 0.2) is 0 Å². The van der Waals surface area contributed by atoms with Gasteiger partial charge in [0.05, 0.1) is 11.2 Å². The van der Waals surface area contributed by atoms with Crippen molar-refractivity contribution in [1.29, 1.82) is 0 Å². The first-order valence-electron chi connectivity index (χ1n) is 9.07. The molecular weight excluding hydrogens is 262 g/mol. The molecule has 1 heterocycles. The number of hydrogen-bond acceptors (Lipinski definition) is 3. The number of rotatable bonds is 8. The van der Waals surface area contributed by atoms with Crippen molar-refractivity contribution >= 4 is 0 Å². The van der Waals surface area contributed by atoms with Gasteiger partial charge in [-0.15, -0.1) is 0 Å². The molecule has 1 aliphatic carbocycles. The highest BCUT2D eigenvalue weighted by molar-refractivity contribution is 5.02. The minimum atomic E-state index is -0.0257. The number of hydrogen-bond donors (Lipinski definition) is 1. The Morgan fingerprint density at radius 1 is 1.29 bits per heavy atom. The minimum Gasteiger partial charge on any atom is -0.377 e. The summed E-state index contributed by atoms with van der Waals surface area (Å²) in [6.07, 6.45) is 9.60. The summed E-state index contributed by atoms with van der Waals surface area (Å²) in [7, 11) is 1.89. The topological polar surface area (TPSA) is 30.5 Å².